The molecule has 4 rings (SSSR count). The highest BCUT2D eigenvalue weighted by molar-refractivity contribution is 5.89. The standard InChI is InChI=1S/C17H18FN3O4/c1-2-23-12-3-4-13-14(7-12)24-6-5-20-9-15(19-16(13)20)21-11(8-18)10-25-17(21)22/h3-4,7,9,11H,2,5-6,8,10H2,1H3. The SMILES string of the molecule is CCOc1ccc2c(c1)OCCn1cc(N3C(=O)OCC3CF)nc1-2. The van der Waals surface area contributed by atoms with E-state index in [1.165, 1.54) is 4.90 Å². The summed E-state index contributed by atoms with van der Waals surface area (Å²) in [6.45, 7) is 2.88. The highest BCUT2D eigenvalue weighted by Crippen LogP contribution is 2.36. The number of hydrogen-bond acceptors (Lipinski definition) is 5. The Balaban J connectivity index is 1.74. The lowest BCUT2D eigenvalue weighted by Crippen LogP contribution is -2.35. The van der Waals surface area contributed by atoms with Crippen molar-refractivity contribution in [3.8, 4) is 22.9 Å². The van der Waals surface area contributed by atoms with Gasteiger partial charge in [-0.1, -0.05) is 0 Å². The molecule has 1 amide bonds. The number of ether oxygens (including phenoxy) is 3. The molecule has 2 aliphatic rings. The van der Waals surface area contributed by atoms with Crippen molar-refractivity contribution in [1.82, 2.24) is 9.55 Å². The van der Waals surface area contributed by atoms with Gasteiger partial charge in [-0.25, -0.2) is 14.2 Å². The van der Waals surface area contributed by atoms with Gasteiger partial charge < -0.3 is 18.8 Å². The third-order valence-electron chi connectivity index (χ3n) is 4.24. The van der Waals surface area contributed by atoms with Gasteiger partial charge in [0.1, 0.15) is 43.3 Å². The van der Waals surface area contributed by atoms with Gasteiger partial charge in [0, 0.05) is 12.3 Å². The van der Waals surface area contributed by atoms with Crippen molar-refractivity contribution in [3.63, 3.8) is 0 Å². The zero-order valence-electron chi connectivity index (χ0n) is 13.8. The molecule has 0 spiro atoms. The number of nitrogens with zero attached hydrogens (tertiary/aromatic N) is 3. The molecule has 0 radical (unpaired) electrons. The number of amides is 1. The molecule has 1 saturated heterocycles. The van der Waals surface area contributed by atoms with Gasteiger partial charge in [-0.2, -0.15) is 0 Å². The maximum atomic E-state index is 13.2. The number of rotatable bonds is 4. The molecular formula is C17H18FN3O4. The van der Waals surface area contributed by atoms with Crippen LogP contribution in [0.25, 0.3) is 11.4 Å². The minimum Gasteiger partial charge on any atom is -0.494 e. The third-order valence-corrected chi connectivity index (χ3v) is 4.24. The number of imidazole rings is 1. The van der Waals surface area contributed by atoms with Gasteiger partial charge in [0.2, 0.25) is 0 Å². The van der Waals surface area contributed by atoms with E-state index < -0.39 is 18.8 Å². The van der Waals surface area contributed by atoms with E-state index in [4.69, 9.17) is 14.2 Å². The van der Waals surface area contributed by atoms with Crippen molar-refractivity contribution in [2.24, 2.45) is 0 Å². The van der Waals surface area contributed by atoms with Gasteiger partial charge in [-0.15, -0.1) is 0 Å². The van der Waals surface area contributed by atoms with E-state index >= 15 is 0 Å². The number of halogens is 1. The van der Waals surface area contributed by atoms with Crippen molar-refractivity contribution in [2.75, 3.05) is 31.4 Å². The van der Waals surface area contributed by atoms with Gasteiger partial charge >= 0.3 is 6.09 Å². The molecule has 2 aromatic rings. The predicted octanol–water partition coefficient (Wildman–Crippen LogP) is 2.64. The van der Waals surface area contributed by atoms with Crippen LogP contribution in [0, 0.1) is 0 Å². The summed E-state index contributed by atoms with van der Waals surface area (Å²) < 4.78 is 31.3. The number of alkyl halides is 1. The van der Waals surface area contributed by atoms with Crippen LogP contribution in [0.15, 0.2) is 24.4 Å². The minimum atomic E-state index is -0.675. The summed E-state index contributed by atoms with van der Waals surface area (Å²) in [5.41, 5.74) is 0.802. The lowest BCUT2D eigenvalue weighted by molar-refractivity contribution is 0.177. The van der Waals surface area contributed by atoms with Crippen molar-refractivity contribution in [2.45, 2.75) is 19.5 Å². The number of anilines is 1. The molecular weight excluding hydrogens is 329 g/mol. The van der Waals surface area contributed by atoms with Crippen LogP contribution in [0.1, 0.15) is 6.92 Å². The summed E-state index contributed by atoms with van der Waals surface area (Å²) >= 11 is 0. The molecule has 2 aliphatic heterocycles. The Morgan fingerprint density at radius 3 is 3.08 bits per heavy atom. The summed E-state index contributed by atoms with van der Waals surface area (Å²) in [5, 5.41) is 0. The Kier molecular flexibility index (Phi) is 3.95. The van der Waals surface area contributed by atoms with E-state index in [9.17, 15) is 9.18 Å². The van der Waals surface area contributed by atoms with Crippen LogP contribution in [0.4, 0.5) is 15.0 Å². The van der Waals surface area contributed by atoms with Gasteiger partial charge in [0.05, 0.1) is 18.7 Å². The summed E-state index contributed by atoms with van der Waals surface area (Å²) in [7, 11) is 0. The van der Waals surface area contributed by atoms with Crippen molar-refractivity contribution in [3.05, 3.63) is 24.4 Å². The number of cyclic esters (lactones) is 1. The lowest BCUT2D eigenvalue weighted by Gasteiger charge is -2.15. The normalized spacial score (nSPS) is 18.9. The summed E-state index contributed by atoms with van der Waals surface area (Å²) in [4.78, 5) is 17.8. The Hall–Kier alpha value is -2.77. The smallest absolute Gasteiger partial charge is 0.416 e. The second kappa shape index (κ2) is 6.27. The first kappa shape index (κ1) is 15.7. The van der Waals surface area contributed by atoms with E-state index in [0.29, 0.717) is 37.2 Å². The van der Waals surface area contributed by atoms with Gasteiger partial charge in [0.25, 0.3) is 0 Å². The zero-order valence-corrected chi connectivity index (χ0v) is 13.8. The lowest BCUT2D eigenvalue weighted by atomic mass is 10.2. The van der Waals surface area contributed by atoms with Crippen LogP contribution in [0.3, 0.4) is 0 Å². The van der Waals surface area contributed by atoms with Crippen molar-refractivity contribution in [1.29, 1.82) is 0 Å². The minimum absolute atomic E-state index is 0.0366. The van der Waals surface area contributed by atoms with Gasteiger partial charge in [-0.3, -0.25) is 4.90 Å². The topological polar surface area (TPSA) is 65.8 Å². The van der Waals surface area contributed by atoms with E-state index in [1.807, 2.05) is 29.7 Å². The highest BCUT2D eigenvalue weighted by atomic mass is 19.1. The first-order chi connectivity index (χ1) is 12.2. The number of fused-ring (bicyclic) bond motifs is 3. The molecule has 1 fully saturated rings. The Bertz CT molecular complexity index is 807. The molecule has 7 nitrogen and oxygen atoms in total. The Morgan fingerprint density at radius 2 is 2.28 bits per heavy atom. The molecule has 0 bridgehead atoms. The fraction of sp³-hybridized carbons (Fsp3) is 0.412. The molecule has 8 heteroatoms. The first-order valence-electron chi connectivity index (χ1n) is 8.20. The summed E-state index contributed by atoms with van der Waals surface area (Å²) in [5.74, 6) is 2.46. The van der Waals surface area contributed by atoms with Gasteiger partial charge in [-0.05, 0) is 19.1 Å². The summed E-state index contributed by atoms with van der Waals surface area (Å²) in [6.07, 6.45) is 1.17. The van der Waals surface area contributed by atoms with Crippen LogP contribution >= 0.6 is 0 Å². The zero-order chi connectivity index (χ0) is 17.4. The van der Waals surface area contributed by atoms with E-state index in [-0.39, 0.29) is 6.61 Å². The van der Waals surface area contributed by atoms with Crippen LogP contribution < -0.4 is 14.4 Å². The molecule has 1 atom stereocenters. The number of aromatic nitrogens is 2. The average Bonchev–Trinajstić information content (AvgIpc) is 3.14. The Labute approximate surface area is 143 Å². The van der Waals surface area contributed by atoms with Crippen molar-refractivity contribution < 1.29 is 23.4 Å². The quantitative estimate of drug-likeness (QED) is 0.851. The van der Waals surface area contributed by atoms with Gasteiger partial charge in [0.15, 0.2) is 5.82 Å². The highest BCUT2D eigenvalue weighted by Gasteiger charge is 2.36. The van der Waals surface area contributed by atoms with E-state index in [2.05, 4.69) is 4.98 Å². The number of carbonyl (C=O) groups excluding carboxylic acids is 1. The van der Waals surface area contributed by atoms with E-state index in [1.54, 1.807) is 6.20 Å². The molecule has 1 unspecified atom stereocenters. The van der Waals surface area contributed by atoms with Crippen LogP contribution in [-0.4, -0.2) is 48.2 Å². The maximum Gasteiger partial charge on any atom is 0.416 e. The molecule has 1 aromatic carbocycles. The molecule has 0 aliphatic carbocycles. The third kappa shape index (κ3) is 2.67. The second-order valence-corrected chi connectivity index (χ2v) is 5.81. The predicted molar refractivity (Wildman–Crippen MR) is 87.9 cm³/mol. The average molecular weight is 347 g/mol. The van der Waals surface area contributed by atoms with Crippen LogP contribution in [-0.2, 0) is 11.3 Å². The molecule has 0 saturated carbocycles. The molecule has 25 heavy (non-hydrogen) atoms. The Morgan fingerprint density at radius 1 is 1.40 bits per heavy atom. The van der Waals surface area contributed by atoms with Crippen LogP contribution in [0.2, 0.25) is 0 Å². The van der Waals surface area contributed by atoms with Crippen molar-refractivity contribution >= 4 is 11.9 Å². The number of benzene rings is 1. The molecule has 3 heterocycles. The fourth-order valence-electron chi connectivity index (χ4n) is 3.08. The first-order valence-corrected chi connectivity index (χ1v) is 8.20. The summed E-state index contributed by atoms with van der Waals surface area (Å²) in [6, 6.07) is 4.92. The molecule has 132 valence electrons. The van der Waals surface area contributed by atoms with E-state index in [0.717, 1.165) is 11.3 Å². The number of hydrogen-bond donors (Lipinski definition) is 0. The molecule has 0 N–H and O–H groups in total. The fourth-order valence-corrected chi connectivity index (χ4v) is 3.08. The van der Waals surface area contributed by atoms with Crippen LogP contribution in [0.5, 0.6) is 11.5 Å². The maximum absolute atomic E-state index is 13.2. The number of carbonyl (C=O) groups is 1. The monoisotopic (exact) mass is 347 g/mol. The molecule has 1 aromatic heterocycles. The second-order valence-electron chi connectivity index (χ2n) is 5.81. The largest absolute Gasteiger partial charge is 0.494 e.